The zero-order chi connectivity index (χ0) is 17.6. The van der Waals surface area contributed by atoms with Crippen molar-refractivity contribution in [3.63, 3.8) is 0 Å². The summed E-state index contributed by atoms with van der Waals surface area (Å²) in [6.45, 7) is 3.91. The number of benzene rings is 1. The molecule has 2 N–H and O–H groups in total. The first-order valence-corrected chi connectivity index (χ1v) is 9.11. The Morgan fingerprint density at radius 2 is 1.76 bits per heavy atom. The molecule has 1 aliphatic carbocycles. The van der Waals surface area contributed by atoms with E-state index in [9.17, 15) is 4.79 Å². The van der Waals surface area contributed by atoms with Crippen LogP contribution in [0.15, 0.2) is 30.3 Å². The van der Waals surface area contributed by atoms with E-state index in [1.54, 1.807) is 6.07 Å². The second-order valence-corrected chi connectivity index (χ2v) is 6.82. The Bertz CT molecular complexity index is 736. The zero-order valence-corrected chi connectivity index (χ0v) is 15.0. The molecule has 1 saturated carbocycles. The summed E-state index contributed by atoms with van der Waals surface area (Å²) in [6, 6.07) is 9.96. The highest BCUT2D eigenvalue weighted by molar-refractivity contribution is 5.92. The number of hydrogen-bond acceptors (Lipinski definition) is 4. The van der Waals surface area contributed by atoms with Gasteiger partial charge in [0.25, 0.3) is 5.91 Å². The van der Waals surface area contributed by atoms with Crippen molar-refractivity contribution in [1.82, 2.24) is 15.3 Å². The summed E-state index contributed by atoms with van der Waals surface area (Å²) in [6.07, 6.45) is 7.03. The van der Waals surface area contributed by atoms with E-state index in [1.807, 2.05) is 38.1 Å². The number of rotatable bonds is 4. The number of amides is 1. The summed E-state index contributed by atoms with van der Waals surface area (Å²) >= 11 is 0. The SMILES string of the molecule is Cc1cc(C(=O)NC2CCCCCC2)nc(Nc2ccccc2C)n1. The lowest BCUT2D eigenvalue weighted by Crippen LogP contribution is -2.35. The second-order valence-electron chi connectivity index (χ2n) is 6.82. The van der Waals surface area contributed by atoms with Gasteiger partial charge in [-0.15, -0.1) is 0 Å². The number of para-hydroxylation sites is 1. The molecule has 1 amide bonds. The number of carbonyl (C=O) groups is 1. The molecule has 0 spiro atoms. The number of hydrogen-bond donors (Lipinski definition) is 2. The highest BCUT2D eigenvalue weighted by atomic mass is 16.1. The number of aryl methyl sites for hydroxylation is 2. The van der Waals surface area contributed by atoms with Crippen LogP contribution in [0.4, 0.5) is 11.6 Å². The smallest absolute Gasteiger partial charge is 0.270 e. The van der Waals surface area contributed by atoms with Gasteiger partial charge in [0.1, 0.15) is 5.69 Å². The van der Waals surface area contributed by atoms with E-state index in [-0.39, 0.29) is 11.9 Å². The van der Waals surface area contributed by atoms with E-state index in [0.717, 1.165) is 29.8 Å². The number of nitrogens with zero attached hydrogens (tertiary/aromatic N) is 2. The van der Waals surface area contributed by atoms with Crippen LogP contribution in [0.1, 0.15) is 60.3 Å². The molecule has 0 aliphatic heterocycles. The molecule has 0 bridgehead atoms. The van der Waals surface area contributed by atoms with Gasteiger partial charge in [0, 0.05) is 17.4 Å². The van der Waals surface area contributed by atoms with Gasteiger partial charge in [-0.05, 0) is 44.4 Å². The average molecular weight is 338 g/mol. The van der Waals surface area contributed by atoms with Crippen molar-refractivity contribution >= 4 is 17.5 Å². The molecular weight excluding hydrogens is 312 g/mol. The summed E-state index contributed by atoms with van der Waals surface area (Å²) in [4.78, 5) is 21.5. The van der Waals surface area contributed by atoms with E-state index in [1.165, 1.54) is 25.7 Å². The van der Waals surface area contributed by atoms with Gasteiger partial charge in [0.15, 0.2) is 0 Å². The van der Waals surface area contributed by atoms with Crippen molar-refractivity contribution in [3.8, 4) is 0 Å². The van der Waals surface area contributed by atoms with Crippen LogP contribution in [0.25, 0.3) is 0 Å². The molecule has 1 aromatic carbocycles. The first-order chi connectivity index (χ1) is 12.1. The molecule has 1 heterocycles. The minimum atomic E-state index is -0.106. The number of nitrogens with one attached hydrogen (secondary N) is 2. The largest absolute Gasteiger partial charge is 0.348 e. The van der Waals surface area contributed by atoms with E-state index in [2.05, 4.69) is 20.6 Å². The molecule has 1 fully saturated rings. The lowest BCUT2D eigenvalue weighted by molar-refractivity contribution is 0.0928. The van der Waals surface area contributed by atoms with Gasteiger partial charge in [-0.1, -0.05) is 43.9 Å². The van der Waals surface area contributed by atoms with Gasteiger partial charge in [-0.2, -0.15) is 0 Å². The summed E-state index contributed by atoms with van der Waals surface area (Å²) in [5.74, 6) is 0.352. The van der Waals surface area contributed by atoms with Gasteiger partial charge in [-0.25, -0.2) is 9.97 Å². The zero-order valence-electron chi connectivity index (χ0n) is 15.0. The van der Waals surface area contributed by atoms with E-state index < -0.39 is 0 Å². The molecule has 5 heteroatoms. The first kappa shape index (κ1) is 17.4. The Kier molecular flexibility index (Phi) is 5.64. The molecule has 0 atom stereocenters. The lowest BCUT2D eigenvalue weighted by Gasteiger charge is -2.16. The Balaban J connectivity index is 1.74. The molecule has 2 aromatic rings. The lowest BCUT2D eigenvalue weighted by atomic mass is 10.1. The maximum atomic E-state index is 12.6. The molecule has 132 valence electrons. The minimum Gasteiger partial charge on any atom is -0.348 e. The molecule has 25 heavy (non-hydrogen) atoms. The van der Waals surface area contributed by atoms with Crippen molar-refractivity contribution in [2.75, 3.05) is 5.32 Å². The summed E-state index contributed by atoms with van der Waals surface area (Å²) in [5, 5.41) is 6.37. The predicted octanol–water partition coefficient (Wildman–Crippen LogP) is 4.29. The molecule has 0 radical (unpaired) electrons. The van der Waals surface area contributed by atoms with Crippen LogP contribution in [0.2, 0.25) is 0 Å². The number of carbonyl (C=O) groups excluding carboxylic acids is 1. The van der Waals surface area contributed by atoms with Gasteiger partial charge < -0.3 is 10.6 Å². The quantitative estimate of drug-likeness (QED) is 0.816. The minimum absolute atomic E-state index is 0.106. The van der Waals surface area contributed by atoms with E-state index in [4.69, 9.17) is 0 Å². The van der Waals surface area contributed by atoms with Crippen molar-refractivity contribution in [3.05, 3.63) is 47.3 Å². The Hall–Kier alpha value is -2.43. The predicted molar refractivity (Wildman–Crippen MR) is 100 cm³/mol. The standard InChI is InChI=1S/C20H26N4O/c1-14-9-7-8-12-17(14)23-20-21-15(2)13-18(24-20)19(25)22-16-10-5-3-4-6-11-16/h7-9,12-13,16H,3-6,10-11H2,1-2H3,(H,22,25)(H,21,23,24). The molecular formula is C20H26N4O. The van der Waals surface area contributed by atoms with Crippen molar-refractivity contribution in [1.29, 1.82) is 0 Å². The molecule has 3 rings (SSSR count). The fraction of sp³-hybridized carbons (Fsp3) is 0.450. The molecule has 1 aliphatic rings. The summed E-state index contributed by atoms with van der Waals surface area (Å²) < 4.78 is 0. The Labute approximate surface area is 149 Å². The molecule has 0 saturated heterocycles. The third kappa shape index (κ3) is 4.78. The second kappa shape index (κ2) is 8.10. The van der Waals surface area contributed by atoms with Crippen LogP contribution in [0.5, 0.6) is 0 Å². The number of aromatic nitrogens is 2. The van der Waals surface area contributed by atoms with Crippen LogP contribution >= 0.6 is 0 Å². The summed E-state index contributed by atoms with van der Waals surface area (Å²) in [5.41, 5.74) is 3.25. The van der Waals surface area contributed by atoms with E-state index in [0.29, 0.717) is 11.6 Å². The third-order valence-corrected chi connectivity index (χ3v) is 4.67. The first-order valence-electron chi connectivity index (χ1n) is 9.11. The highest BCUT2D eigenvalue weighted by Gasteiger charge is 2.17. The maximum Gasteiger partial charge on any atom is 0.270 e. The van der Waals surface area contributed by atoms with Crippen LogP contribution in [-0.4, -0.2) is 21.9 Å². The monoisotopic (exact) mass is 338 g/mol. The van der Waals surface area contributed by atoms with Crippen LogP contribution < -0.4 is 10.6 Å². The van der Waals surface area contributed by atoms with Crippen LogP contribution in [0.3, 0.4) is 0 Å². The van der Waals surface area contributed by atoms with Gasteiger partial charge in [0.05, 0.1) is 0 Å². The molecule has 5 nitrogen and oxygen atoms in total. The number of anilines is 2. The fourth-order valence-electron chi connectivity index (χ4n) is 3.26. The van der Waals surface area contributed by atoms with Crippen molar-refractivity contribution < 1.29 is 4.79 Å². The van der Waals surface area contributed by atoms with E-state index >= 15 is 0 Å². The van der Waals surface area contributed by atoms with Crippen LogP contribution in [0, 0.1) is 13.8 Å². The van der Waals surface area contributed by atoms with Gasteiger partial charge >= 0.3 is 0 Å². The molecule has 1 aromatic heterocycles. The van der Waals surface area contributed by atoms with Crippen molar-refractivity contribution in [2.45, 2.75) is 58.4 Å². The average Bonchev–Trinajstić information content (AvgIpc) is 2.85. The fourth-order valence-corrected chi connectivity index (χ4v) is 3.26. The molecule has 0 unspecified atom stereocenters. The Morgan fingerprint density at radius 3 is 2.48 bits per heavy atom. The highest BCUT2D eigenvalue weighted by Crippen LogP contribution is 2.19. The van der Waals surface area contributed by atoms with Gasteiger partial charge in [0.2, 0.25) is 5.95 Å². The third-order valence-electron chi connectivity index (χ3n) is 4.67. The summed E-state index contributed by atoms with van der Waals surface area (Å²) in [7, 11) is 0. The van der Waals surface area contributed by atoms with Crippen LogP contribution in [-0.2, 0) is 0 Å². The normalized spacial score (nSPS) is 15.4. The van der Waals surface area contributed by atoms with Gasteiger partial charge in [-0.3, -0.25) is 4.79 Å². The maximum absolute atomic E-state index is 12.6. The topological polar surface area (TPSA) is 66.9 Å². The van der Waals surface area contributed by atoms with Crippen molar-refractivity contribution in [2.24, 2.45) is 0 Å². The Morgan fingerprint density at radius 1 is 1.04 bits per heavy atom.